The first-order valence-electron chi connectivity index (χ1n) is 8.16. The molecule has 0 aliphatic heterocycles. The van der Waals surface area contributed by atoms with Crippen molar-refractivity contribution in [1.82, 2.24) is 5.32 Å². The fraction of sp³-hybridized carbons (Fsp3) is 0.875. The summed E-state index contributed by atoms with van der Waals surface area (Å²) >= 11 is 0. The lowest BCUT2D eigenvalue weighted by Crippen LogP contribution is -2.39. The van der Waals surface area contributed by atoms with Gasteiger partial charge in [-0.1, -0.05) is 26.2 Å². The van der Waals surface area contributed by atoms with Gasteiger partial charge in [-0.2, -0.15) is 0 Å². The van der Waals surface area contributed by atoms with E-state index in [1.807, 2.05) is 6.92 Å². The Labute approximate surface area is 127 Å². The molecule has 0 aromatic carbocycles. The van der Waals surface area contributed by atoms with E-state index in [1.54, 1.807) is 0 Å². The average molecular weight is 298 g/mol. The molecule has 0 aromatic heterocycles. The molecule has 1 amide bonds. The molecule has 1 saturated carbocycles. The largest absolute Gasteiger partial charge is 0.481 e. The van der Waals surface area contributed by atoms with Gasteiger partial charge in [-0.25, -0.2) is 0 Å². The summed E-state index contributed by atoms with van der Waals surface area (Å²) < 4.78 is 0. The molecule has 0 radical (unpaired) electrons. The molecule has 0 bridgehead atoms. The Balaban J connectivity index is 2.22. The number of carbonyl (C=O) groups excluding carboxylic acids is 1. The Bertz CT molecular complexity index is 338. The summed E-state index contributed by atoms with van der Waals surface area (Å²) in [5.41, 5.74) is 5.91. The minimum Gasteiger partial charge on any atom is -0.481 e. The Hall–Kier alpha value is -1.10. The number of carboxylic acid groups (broad SMARTS) is 1. The van der Waals surface area contributed by atoms with Crippen LogP contribution in [0.1, 0.15) is 64.7 Å². The van der Waals surface area contributed by atoms with E-state index >= 15 is 0 Å². The first-order chi connectivity index (χ1) is 9.97. The van der Waals surface area contributed by atoms with Crippen molar-refractivity contribution >= 4 is 11.9 Å². The van der Waals surface area contributed by atoms with Crippen molar-refractivity contribution in [3.05, 3.63) is 0 Å². The minimum absolute atomic E-state index is 0.0112. The lowest BCUT2D eigenvalue weighted by atomic mass is 9.71. The topological polar surface area (TPSA) is 92.4 Å². The van der Waals surface area contributed by atoms with Gasteiger partial charge in [-0.15, -0.1) is 0 Å². The highest BCUT2D eigenvalue weighted by molar-refractivity contribution is 5.76. The van der Waals surface area contributed by atoms with Crippen LogP contribution in [0.15, 0.2) is 0 Å². The predicted octanol–water partition coefficient (Wildman–Crippen LogP) is 2.29. The average Bonchev–Trinajstić information content (AvgIpc) is 2.46. The van der Waals surface area contributed by atoms with Gasteiger partial charge in [-0.3, -0.25) is 9.59 Å². The molecule has 1 fully saturated rings. The van der Waals surface area contributed by atoms with Crippen LogP contribution in [0.5, 0.6) is 0 Å². The first kappa shape index (κ1) is 18.0. The van der Waals surface area contributed by atoms with Crippen LogP contribution in [0.3, 0.4) is 0 Å². The van der Waals surface area contributed by atoms with Crippen molar-refractivity contribution in [2.75, 3.05) is 13.1 Å². The number of rotatable bonds is 9. The van der Waals surface area contributed by atoms with Crippen LogP contribution < -0.4 is 11.1 Å². The number of hydrogen-bond acceptors (Lipinski definition) is 3. The molecule has 0 heterocycles. The summed E-state index contributed by atoms with van der Waals surface area (Å²) in [6.45, 7) is 3.24. The molecule has 4 N–H and O–H groups in total. The van der Waals surface area contributed by atoms with Gasteiger partial charge >= 0.3 is 5.97 Å². The molecule has 1 aliphatic carbocycles. The number of nitrogens with one attached hydrogen (secondary N) is 1. The van der Waals surface area contributed by atoms with E-state index in [9.17, 15) is 9.59 Å². The second-order valence-electron chi connectivity index (χ2n) is 6.62. The van der Waals surface area contributed by atoms with Crippen molar-refractivity contribution in [2.24, 2.45) is 17.1 Å². The molecule has 0 spiro atoms. The van der Waals surface area contributed by atoms with E-state index in [1.165, 1.54) is 19.3 Å². The van der Waals surface area contributed by atoms with Crippen molar-refractivity contribution in [3.63, 3.8) is 0 Å². The number of nitrogens with two attached hydrogens (primary N) is 1. The molecular formula is C16H30N2O3. The molecule has 1 aliphatic rings. The Morgan fingerprint density at radius 2 is 1.90 bits per heavy atom. The Morgan fingerprint density at radius 1 is 1.24 bits per heavy atom. The van der Waals surface area contributed by atoms with Crippen LogP contribution in [0, 0.1) is 11.3 Å². The molecule has 0 aromatic rings. The lowest BCUT2D eigenvalue weighted by Gasteiger charge is -2.35. The molecular weight excluding hydrogens is 268 g/mol. The van der Waals surface area contributed by atoms with Crippen LogP contribution in [0.2, 0.25) is 0 Å². The van der Waals surface area contributed by atoms with Gasteiger partial charge in [0, 0.05) is 19.4 Å². The maximum Gasteiger partial charge on any atom is 0.303 e. The molecule has 1 unspecified atom stereocenters. The van der Waals surface area contributed by atoms with Gasteiger partial charge in [0.05, 0.1) is 0 Å². The zero-order chi connectivity index (χ0) is 15.7. The summed E-state index contributed by atoms with van der Waals surface area (Å²) in [4.78, 5) is 22.6. The molecule has 1 atom stereocenters. The second kappa shape index (κ2) is 9.03. The molecule has 122 valence electrons. The van der Waals surface area contributed by atoms with E-state index < -0.39 is 5.97 Å². The van der Waals surface area contributed by atoms with Gasteiger partial charge in [0.2, 0.25) is 5.91 Å². The summed E-state index contributed by atoms with van der Waals surface area (Å²) in [6.07, 6.45) is 7.96. The number of carboxylic acids is 1. The monoisotopic (exact) mass is 298 g/mol. The van der Waals surface area contributed by atoms with Gasteiger partial charge in [0.1, 0.15) is 0 Å². The minimum atomic E-state index is -0.756. The van der Waals surface area contributed by atoms with Gasteiger partial charge in [0.25, 0.3) is 0 Å². The predicted molar refractivity (Wildman–Crippen MR) is 82.8 cm³/mol. The lowest BCUT2D eigenvalue weighted by molar-refractivity contribution is -0.137. The second-order valence-corrected chi connectivity index (χ2v) is 6.62. The third-order valence-corrected chi connectivity index (χ3v) is 4.69. The highest BCUT2D eigenvalue weighted by atomic mass is 16.4. The van der Waals surface area contributed by atoms with Gasteiger partial charge in [0.15, 0.2) is 0 Å². The van der Waals surface area contributed by atoms with Crippen molar-refractivity contribution in [2.45, 2.75) is 64.7 Å². The quantitative estimate of drug-likeness (QED) is 0.609. The summed E-state index contributed by atoms with van der Waals surface area (Å²) in [7, 11) is 0. The molecule has 1 rings (SSSR count). The SMILES string of the molecule is CC(CCNC(=O)CC1(CN)CCCCC1)CCC(=O)O. The fourth-order valence-corrected chi connectivity index (χ4v) is 3.13. The van der Waals surface area contributed by atoms with E-state index in [0.717, 1.165) is 19.3 Å². The van der Waals surface area contributed by atoms with Gasteiger partial charge in [-0.05, 0) is 43.6 Å². The maximum atomic E-state index is 12.1. The van der Waals surface area contributed by atoms with Crippen LogP contribution in [-0.2, 0) is 9.59 Å². The van der Waals surface area contributed by atoms with E-state index in [4.69, 9.17) is 10.8 Å². The maximum absolute atomic E-state index is 12.1. The molecule has 21 heavy (non-hydrogen) atoms. The van der Waals surface area contributed by atoms with E-state index in [0.29, 0.717) is 31.8 Å². The molecule has 5 nitrogen and oxygen atoms in total. The van der Waals surface area contributed by atoms with Crippen LogP contribution in [-0.4, -0.2) is 30.1 Å². The van der Waals surface area contributed by atoms with Crippen LogP contribution in [0.4, 0.5) is 0 Å². The summed E-state index contributed by atoms with van der Waals surface area (Å²) in [5.74, 6) is -0.347. The van der Waals surface area contributed by atoms with Crippen molar-refractivity contribution in [1.29, 1.82) is 0 Å². The third kappa shape index (κ3) is 6.93. The summed E-state index contributed by atoms with van der Waals surface area (Å²) in [5, 5.41) is 11.6. The van der Waals surface area contributed by atoms with Crippen molar-refractivity contribution < 1.29 is 14.7 Å². The van der Waals surface area contributed by atoms with Gasteiger partial charge < -0.3 is 16.2 Å². The number of aliphatic carboxylic acids is 1. The molecule has 0 saturated heterocycles. The number of hydrogen-bond donors (Lipinski definition) is 3. The van der Waals surface area contributed by atoms with Crippen LogP contribution in [0.25, 0.3) is 0 Å². The zero-order valence-corrected chi connectivity index (χ0v) is 13.2. The van der Waals surface area contributed by atoms with Crippen molar-refractivity contribution in [3.8, 4) is 0 Å². The standard InChI is InChI=1S/C16H30N2O3/c1-13(5-6-15(20)21)7-10-18-14(19)11-16(12-17)8-3-2-4-9-16/h13H,2-12,17H2,1H3,(H,18,19)(H,20,21). The summed E-state index contributed by atoms with van der Waals surface area (Å²) in [6, 6.07) is 0. The van der Waals surface area contributed by atoms with E-state index in [-0.39, 0.29) is 17.7 Å². The smallest absolute Gasteiger partial charge is 0.303 e. The number of amides is 1. The van der Waals surface area contributed by atoms with Crippen LogP contribution >= 0.6 is 0 Å². The highest BCUT2D eigenvalue weighted by Gasteiger charge is 2.32. The fourth-order valence-electron chi connectivity index (χ4n) is 3.13. The normalized spacial score (nSPS) is 19.0. The Kier molecular flexibility index (Phi) is 7.72. The number of carbonyl (C=O) groups is 2. The highest BCUT2D eigenvalue weighted by Crippen LogP contribution is 2.38. The first-order valence-corrected chi connectivity index (χ1v) is 8.16. The molecule has 5 heteroatoms. The van der Waals surface area contributed by atoms with E-state index in [2.05, 4.69) is 5.32 Å². The Morgan fingerprint density at radius 3 is 2.48 bits per heavy atom. The zero-order valence-electron chi connectivity index (χ0n) is 13.2. The third-order valence-electron chi connectivity index (χ3n) is 4.69.